The van der Waals surface area contributed by atoms with Crippen LogP contribution in [-0.2, 0) is 88.7 Å². The van der Waals surface area contributed by atoms with Crippen molar-refractivity contribution in [3.63, 3.8) is 0 Å². The number of Topliss-reactive ketones (excluding diaryl/α,β-unsaturated/α-hetero) is 1. The molecular weight excluding hydrogens is 698 g/mol. The molecule has 2 aromatic rings. The molecule has 0 fully saturated rings. The SMILES string of the molecule is CC(=O)OC[Si](C)(C)O[Si](C)(C)CO.CC(=O)Oc1ccccc1.CC(C)=O.COc1ccccc1.[CH3-].[CH3-].[Y].[Y]. The van der Waals surface area contributed by atoms with Crippen molar-refractivity contribution < 1.29 is 103 Å². The Morgan fingerprint density at radius 2 is 1.07 bits per heavy atom. The largest absolute Gasteiger partial charge is 0.497 e. The molecule has 0 saturated heterocycles. The smallest absolute Gasteiger partial charge is 0.308 e. The molecule has 0 aliphatic heterocycles. The van der Waals surface area contributed by atoms with E-state index >= 15 is 0 Å². The van der Waals surface area contributed by atoms with Crippen LogP contribution >= 0.6 is 0 Å². The second-order valence-electron chi connectivity index (χ2n) is 8.89. The van der Waals surface area contributed by atoms with Gasteiger partial charge in [-0.1, -0.05) is 36.4 Å². The maximum absolute atomic E-state index is 10.6. The monoisotopic (exact) mass is 746 g/mol. The first-order chi connectivity index (χ1) is 16.6. The van der Waals surface area contributed by atoms with Crippen LogP contribution in [0.3, 0.4) is 0 Å². The summed E-state index contributed by atoms with van der Waals surface area (Å²) in [6.07, 6.45) is 0.461. The number of hydrogen-bond donors (Lipinski definition) is 1. The average Bonchev–Trinajstić information content (AvgIpc) is 2.78. The summed E-state index contributed by atoms with van der Waals surface area (Å²) < 4.78 is 20.5. The van der Waals surface area contributed by atoms with Crippen molar-refractivity contribution >= 4 is 34.4 Å². The third-order valence-electron chi connectivity index (χ3n) is 3.54. The number of methoxy groups -OCH3 is 1. The van der Waals surface area contributed by atoms with Crippen molar-refractivity contribution in [2.24, 2.45) is 0 Å². The van der Waals surface area contributed by atoms with E-state index in [-0.39, 0.29) is 104 Å². The predicted octanol–water partition coefficient (Wildman–Crippen LogP) is 5.84. The van der Waals surface area contributed by atoms with E-state index in [1.54, 1.807) is 19.2 Å². The maximum Gasteiger partial charge on any atom is 0.308 e. The van der Waals surface area contributed by atoms with E-state index in [2.05, 4.69) is 0 Å². The number of aliphatic hydroxyl groups is 1. The minimum absolute atomic E-state index is 0. The number of hydrogen-bond acceptors (Lipinski definition) is 8. The number of para-hydroxylation sites is 2. The van der Waals surface area contributed by atoms with Crippen LogP contribution in [0.15, 0.2) is 60.7 Å². The Hall–Kier alpha value is -0.588. The zero-order valence-corrected chi connectivity index (χ0v) is 33.8. The van der Waals surface area contributed by atoms with Gasteiger partial charge in [-0.2, -0.15) is 0 Å². The Bertz CT molecular complexity index is 880. The van der Waals surface area contributed by atoms with Gasteiger partial charge in [0.05, 0.1) is 13.3 Å². The molecule has 8 nitrogen and oxygen atoms in total. The van der Waals surface area contributed by atoms with Gasteiger partial charge in [-0.15, -0.1) is 0 Å². The number of rotatable bonds is 7. The van der Waals surface area contributed by atoms with Crippen LogP contribution in [0.25, 0.3) is 0 Å². The normalized spacial score (nSPS) is 9.05. The first-order valence-corrected chi connectivity index (χ1v) is 17.6. The van der Waals surface area contributed by atoms with E-state index in [0.717, 1.165) is 5.75 Å². The van der Waals surface area contributed by atoms with E-state index in [9.17, 15) is 14.4 Å². The van der Waals surface area contributed by atoms with Crippen LogP contribution in [0.2, 0.25) is 26.2 Å². The Balaban J connectivity index is -0.0000000992. The summed E-state index contributed by atoms with van der Waals surface area (Å²) in [6.45, 7) is 13.7. The van der Waals surface area contributed by atoms with Crippen LogP contribution in [-0.4, -0.2) is 59.0 Å². The quantitative estimate of drug-likeness (QED) is 0.163. The molecule has 0 saturated carbocycles. The second-order valence-corrected chi connectivity index (χ2v) is 17.4. The van der Waals surface area contributed by atoms with E-state index in [1.807, 2.05) is 74.7 Å². The molecule has 1 N–H and O–H groups in total. The number of benzene rings is 2. The third kappa shape index (κ3) is 37.4. The molecule has 0 aliphatic rings. The van der Waals surface area contributed by atoms with Crippen molar-refractivity contribution in [3.05, 3.63) is 75.5 Å². The Labute approximate surface area is 295 Å². The van der Waals surface area contributed by atoms with Crippen LogP contribution in [0.4, 0.5) is 0 Å². The first kappa shape index (κ1) is 52.1. The zero-order valence-electron chi connectivity index (χ0n) is 26.1. The number of esters is 2. The van der Waals surface area contributed by atoms with Gasteiger partial charge in [0.15, 0.2) is 8.32 Å². The minimum Gasteiger partial charge on any atom is -0.497 e. The summed E-state index contributed by atoms with van der Waals surface area (Å²) in [6, 6.07) is 18.7. The number of ether oxygens (including phenoxy) is 3. The molecule has 12 heteroatoms. The van der Waals surface area contributed by atoms with Crippen LogP contribution < -0.4 is 9.47 Å². The fourth-order valence-electron chi connectivity index (χ4n) is 2.30. The molecule has 2 aromatic carbocycles. The summed E-state index contributed by atoms with van der Waals surface area (Å²) in [4.78, 5) is 30.5. The molecule has 40 heavy (non-hydrogen) atoms. The van der Waals surface area contributed by atoms with Gasteiger partial charge in [0.1, 0.15) is 23.5 Å². The topological polar surface area (TPSA) is 108 Å². The van der Waals surface area contributed by atoms with Gasteiger partial charge < -0.3 is 43.1 Å². The number of carbonyl (C=O) groups excluding carboxylic acids is 3. The fraction of sp³-hybridized carbons (Fsp3) is 0.393. The first-order valence-electron chi connectivity index (χ1n) is 11.4. The Morgan fingerprint density at radius 3 is 1.35 bits per heavy atom. The summed E-state index contributed by atoms with van der Waals surface area (Å²) in [7, 11) is -2.26. The standard InChI is InChI=1S/C8H20O4Si2.C8H8O2.C7H8O.C3H6O.2CH3.2Y/c1-8(10)11-7-14(4,5)12-13(2,3)6-9;1-7(9)10-8-5-3-2-4-6-8;1-8-7-5-3-2-4-6-7;1-3(2)4;;;;/h9H,6-7H2,1-5H3;2-6H,1H3;2-6H,1H3;1-2H3;2*1H3;;/q;;;;2*-1;;. The molecule has 2 radical (unpaired) electrons. The molecule has 2 rings (SSSR count). The zero-order chi connectivity index (χ0) is 28.2. The van der Waals surface area contributed by atoms with Gasteiger partial charge in [-0.05, 0) is 64.3 Å². The number of ketones is 1. The summed E-state index contributed by atoms with van der Waals surface area (Å²) in [5, 5.41) is 9.09. The minimum atomic E-state index is -1.96. The molecule has 0 bridgehead atoms. The summed E-state index contributed by atoms with van der Waals surface area (Å²) in [5.74, 6) is 1.10. The Kier molecular flexibility index (Phi) is 38.9. The molecular formula is C28H48O8Si2Y2-2. The van der Waals surface area contributed by atoms with Gasteiger partial charge in [0.25, 0.3) is 0 Å². The summed E-state index contributed by atoms with van der Waals surface area (Å²) >= 11 is 0. The van der Waals surface area contributed by atoms with E-state index < -0.39 is 16.6 Å². The van der Waals surface area contributed by atoms with Crippen molar-refractivity contribution in [2.45, 2.75) is 53.9 Å². The number of carbonyl (C=O) groups is 3. The maximum atomic E-state index is 10.6. The molecule has 0 heterocycles. The van der Waals surface area contributed by atoms with Crippen molar-refractivity contribution in [1.29, 1.82) is 0 Å². The summed E-state index contributed by atoms with van der Waals surface area (Å²) in [5.41, 5.74) is 0. The van der Waals surface area contributed by atoms with Crippen LogP contribution in [0.1, 0.15) is 27.7 Å². The number of aliphatic hydroxyl groups excluding tert-OH is 1. The van der Waals surface area contributed by atoms with Gasteiger partial charge in [0.2, 0.25) is 8.32 Å². The van der Waals surface area contributed by atoms with E-state index in [4.69, 9.17) is 23.4 Å². The van der Waals surface area contributed by atoms with Gasteiger partial charge in [0, 0.05) is 79.3 Å². The molecule has 0 spiro atoms. The average molecular weight is 747 g/mol. The van der Waals surface area contributed by atoms with Gasteiger partial charge in [-0.25, -0.2) is 0 Å². The van der Waals surface area contributed by atoms with Gasteiger partial charge in [-0.3, -0.25) is 9.59 Å². The van der Waals surface area contributed by atoms with Gasteiger partial charge >= 0.3 is 11.9 Å². The predicted molar refractivity (Wildman–Crippen MR) is 160 cm³/mol. The van der Waals surface area contributed by atoms with Crippen molar-refractivity contribution in [3.8, 4) is 11.5 Å². The molecule has 0 aromatic heterocycles. The molecule has 224 valence electrons. The van der Waals surface area contributed by atoms with Crippen LogP contribution in [0, 0.1) is 14.9 Å². The van der Waals surface area contributed by atoms with Crippen LogP contribution in [0.5, 0.6) is 11.5 Å². The molecule has 0 aliphatic carbocycles. The van der Waals surface area contributed by atoms with E-state index in [1.165, 1.54) is 27.7 Å². The van der Waals surface area contributed by atoms with E-state index in [0.29, 0.717) is 12.0 Å². The molecule has 0 atom stereocenters. The second kappa shape index (κ2) is 29.9. The van der Waals surface area contributed by atoms with Crippen molar-refractivity contribution in [1.82, 2.24) is 0 Å². The Morgan fingerprint density at radius 1 is 0.700 bits per heavy atom. The fourth-order valence-corrected chi connectivity index (χ4v) is 9.32. The van der Waals surface area contributed by atoms with Crippen molar-refractivity contribution in [2.75, 3.05) is 19.6 Å². The third-order valence-corrected chi connectivity index (χ3v) is 9.56. The molecule has 0 unspecified atom stereocenters. The molecule has 0 amide bonds.